The maximum atomic E-state index is 11.6. The molecule has 0 atom stereocenters. The number of aliphatic hydroxyl groups excluding tert-OH is 1. The van der Waals surface area contributed by atoms with Crippen molar-refractivity contribution in [3.8, 4) is 0 Å². The van der Waals surface area contributed by atoms with E-state index in [1.165, 1.54) is 0 Å². The quantitative estimate of drug-likeness (QED) is 0.783. The first kappa shape index (κ1) is 11.1. The van der Waals surface area contributed by atoms with Crippen LogP contribution in [-0.2, 0) is 11.2 Å². The number of aryl methyl sites for hydroxylation is 1. The SMILES string of the molecule is Cc1cccnc1CC(=O)NC1CC(O)C1. The van der Waals surface area contributed by atoms with Gasteiger partial charge in [0.1, 0.15) is 0 Å². The van der Waals surface area contributed by atoms with Gasteiger partial charge in [0.2, 0.25) is 5.91 Å². The van der Waals surface area contributed by atoms with Gasteiger partial charge in [-0.25, -0.2) is 0 Å². The van der Waals surface area contributed by atoms with Crippen molar-refractivity contribution in [3.63, 3.8) is 0 Å². The Kier molecular flexibility index (Phi) is 3.19. The van der Waals surface area contributed by atoms with Crippen LogP contribution in [0.25, 0.3) is 0 Å². The molecule has 1 aliphatic carbocycles. The fraction of sp³-hybridized carbons (Fsp3) is 0.500. The van der Waals surface area contributed by atoms with Crippen LogP contribution in [0.1, 0.15) is 24.1 Å². The third kappa shape index (κ3) is 2.58. The van der Waals surface area contributed by atoms with E-state index in [1.54, 1.807) is 6.20 Å². The largest absolute Gasteiger partial charge is 0.393 e. The van der Waals surface area contributed by atoms with E-state index in [0.29, 0.717) is 19.3 Å². The molecule has 1 amide bonds. The number of nitrogens with zero attached hydrogens (tertiary/aromatic N) is 1. The highest BCUT2D eigenvalue weighted by Crippen LogP contribution is 2.19. The van der Waals surface area contributed by atoms with Gasteiger partial charge in [-0.2, -0.15) is 0 Å². The minimum absolute atomic E-state index is 0.0151. The van der Waals surface area contributed by atoms with Crippen molar-refractivity contribution >= 4 is 5.91 Å². The molecule has 1 fully saturated rings. The van der Waals surface area contributed by atoms with Gasteiger partial charge in [0.05, 0.1) is 18.2 Å². The van der Waals surface area contributed by atoms with E-state index >= 15 is 0 Å². The number of aromatic nitrogens is 1. The Labute approximate surface area is 94.7 Å². The second kappa shape index (κ2) is 4.61. The normalized spacial score (nSPS) is 23.6. The third-order valence-electron chi connectivity index (χ3n) is 2.92. The summed E-state index contributed by atoms with van der Waals surface area (Å²) in [5, 5.41) is 12.0. The summed E-state index contributed by atoms with van der Waals surface area (Å²) >= 11 is 0. The molecule has 1 aromatic heterocycles. The van der Waals surface area contributed by atoms with E-state index in [0.717, 1.165) is 11.3 Å². The van der Waals surface area contributed by atoms with Crippen molar-refractivity contribution < 1.29 is 9.90 Å². The standard InChI is InChI=1S/C12H16N2O2/c1-8-3-2-4-13-11(8)7-12(16)14-9-5-10(15)6-9/h2-4,9-10,15H,5-7H2,1H3,(H,14,16). The van der Waals surface area contributed by atoms with E-state index < -0.39 is 0 Å². The molecular weight excluding hydrogens is 204 g/mol. The zero-order chi connectivity index (χ0) is 11.5. The molecule has 0 unspecified atom stereocenters. The molecule has 1 aromatic rings. The molecule has 0 saturated heterocycles. The summed E-state index contributed by atoms with van der Waals surface area (Å²) in [6, 6.07) is 3.95. The van der Waals surface area contributed by atoms with Gasteiger partial charge in [-0.05, 0) is 31.4 Å². The van der Waals surface area contributed by atoms with Crippen LogP contribution in [0.5, 0.6) is 0 Å². The molecule has 0 spiro atoms. The van der Waals surface area contributed by atoms with Gasteiger partial charge in [0.25, 0.3) is 0 Å². The van der Waals surface area contributed by atoms with Crippen molar-refractivity contribution in [2.24, 2.45) is 0 Å². The lowest BCUT2D eigenvalue weighted by molar-refractivity contribution is -0.122. The molecule has 1 aliphatic rings. The molecule has 86 valence electrons. The number of hydrogen-bond donors (Lipinski definition) is 2. The Morgan fingerprint density at radius 3 is 3.00 bits per heavy atom. The Hall–Kier alpha value is -1.42. The van der Waals surface area contributed by atoms with E-state index in [-0.39, 0.29) is 18.1 Å². The lowest BCUT2D eigenvalue weighted by Gasteiger charge is -2.31. The zero-order valence-electron chi connectivity index (χ0n) is 9.31. The van der Waals surface area contributed by atoms with Crippen molar-refractivity contribution in [3.05, 3.63) is 29.6 Å². The predicted octanol–water partition coefficient (Wildman–Crippen LogP) is 0.572. The van der Waals surface area contributed by atoms with Crippen LogP contribution in [-0.4, -0.2) is 28.1 Å². The molecule has 0 radical (unpaired) electrons. The summed E-state index contributed by atoms with van der Waals surface area (Å²) in [5.74, 6) is -0.0151. The highest BCUT2D eigenvalue weighted by atomic mass is 16.3. The molecule has 4 nitrogen and oxygen atoms in total. The Bertz CT molecular complexity index is 386. The van der Waals surface area contributed by atoms with Gasteiger partial charge in [-0.3, -0.25) is 9.78 Å². The summed E-state index contributed by atoms with van der Waals surface area (Å²) in [6.45, 7) is 1.95. The molecule has 0 bridgehead atoms. The maximum Gasteiger partial charge on any atom is 0.226 e. The van der Waals surface area contributed by atoms with Crippen molar-refractivity contribution in [2.75, 3.05) is 0 Å². The minimum atomic E-state index is -0.234. The highest BCUT2D eigenvalue weighted by molar-refractivity contribution is 5.78. The number of carbonyl (C=O) groups is 1. The zero-order valence-corrected chi connectivity index (χ0v) is 9.31. The van der Waals surface area contributed by atoms with Gasteiger partial charge >= 0.3 is 0 Å². The number of rotatable bonds is 3. The number of pyridine rings is 1. The number of carbonyl (C=O) groups excluding carboxylic acids is 1. The summed E-state index contributed by atoms with van der Waals surface area (Å²) < 4.78 is 0. The minimum Gasteiger partial charge on any atom is -0.393 e. The van der Waals surface area contributed by atoms with Crippen LogP contribution in [0.4, 0.5) is 0 Å². The Balaban J connectivity index is 1.85. The second-order valence-electron chi connectivity index (χ2n) is 4.33. The highest BCUT2D eigenvalue weighted by Gasteiger charge is 2.28. The van der Waals surface area contributed by atoms with Gasteiger partial charge in [0.15, 0.2) is 0 Å². The molecule has 0 aromatic carbocycles. The van der Waals surface area contributed by atoms with Gasteiger partial charge in [-0.15, -0.1) is 0 Å². The molecule has 2 rings (SSSR count). The van der Waals surface area contributed by atoms with Crippen LogP contribution >= 0.6 is 0 Å². The predicted molar refractivity (Wildman–Crippen MR) is 59.8 cm³/mol. The summed E-state index contributed by atoms with van der Waals surface area (Å²) in [4.78, 5) is 15.8. The molecular formula is C12H16N2O2. The van der Waals surface area contributed by atoms with Crippen LogP contribution in [0.3, 0.4) is 0 Å². The average molecular weight is 220 g/mol. The lowest BCUT2D eigenvalue weighted by atomic mass is 9.89. The van der Waals surface area contributed by atoms with Crippen LogP contribution in [0.15, 0.2) is 18.3 Å². The van der Waals surface area contributed by atoms with E-state index in [2.05, 4.69) is 10.3 Å². The van der Waals surface area contributed by atoms with Crippen molar-refractivity contribution in [1.82, 2.24) is 10.3 Å². The summed E-state index contributed by atoms with van der Waals surface area (Å²) in [5.41, 5.74) is 1.85. The topological polar surface area (TPSA) is 62.2 Å². The van der Waals surface area contributed by atoms with Crippen molar-refractivity contribution in [2.45, 2.75) is 38.3 Å². The van der Waals surface area contributed by atoms with Gasteiger partial charge in [0, 0.05) is 12.2 Å². The average Bonchev–Trinajstić information content (AvgIpc) is 2.19. The fourth-order valence-electron chi connectivity index (χ4n) is 1.84. The van der Waals surface area contributed by atoms with Gasteiger partial charge in [-0.1, -0.05) is 6.07 Å². The van der Waals surface area contributed by atoms with E-state index in [4.69, 9.17) is 5.11 Å². The molecule has 16 heavy (non-hydrogen) atoms. The van der Waals surface area contributed by atoms with Gasteiger partial charge < -0.3 is 10.4 Å². The van der Waals surface area contributed by atoms with Crippen LogP contribution in [0, 0.1) is 6.92 Å². The monoisotopic (exact) mass is 220 g/mol. The number of hydrogen-bond acceptors (Lipinski definition) is 3. The third-order valence-corrected chi connectivity index (χ3v) is 2.92. The first-order valence-corrected chi connectivity index (χ1v) is 5.53. The first-order chi connectivity index (χ1) is 7.65. The molecule has 2 N–H and O–H groups in total. The second-order valence-corrected chi connectivity index (χ2v) is 4.33. The number of amides is 1. The smallest absolute Gasteiger partial charge is 0.226 e. The van der Waals surface area contributed by atoms with Crippen LogP contribution in [0.2, 0.25) is 0 Å². The van der Waals surface area contributed by atoms with E-state index in [9.17, 15) is 4.79 Å². The maximum absolute atomic E-state index is 11.6. The van der Waals surface area contributed by atoms with Crippen molar-refractivity contribution in [1.29, 1.82) is 0 Å². The molecule has 1 saturated carbocycles. The summed E-state index contributed by atoms with van der Waals surface area (Å²) in [6.07, 6.45) is 3.13. The van der Waals surface area contributed by atoms with Crippen LogP contribution < -0.4 is 5.32 Å². The lowest BCUT2D eigenvalue weighted by Crippen LogP contribution is -2.47. The molecule has 4 heteroatoms. The first-order valence-electron chi connectivity index (χ1n) is 5.53. The molecule has 0 aliphatic heterocycles. The van der Waals surface area contributed by atoms with E-state index in [1.807, 2.05) is 19.1 Å². The summed E-state index contributed by atoms with van der Waals surface area (Å²) in [7, 11) is 0. The Morgan fingerprint density at radius 1 is 1.62 bits per heavy atom. The molecule has 1 heterocycles. The Morgan fingerprint density at radius 2 is 2.38 bits per heavy atom. The number of aliphatic hydroxyl groups is 1. The fourth-order valence-corrected chi connectivity index (χ4v) is 1.84. The number of nitrogens with one attached hydrogen (secondary N) is 1.